The number of aliphatic hydroxyl groups excluding tert-OH is 1. The highest BCUT2D eigenvalue weighted by Gasteiger charge is 2.23. The number of thiophene rings is 1. The Morgan fingerprint density at radius 1 is 1.53 bits per heavy atom. The van der Waals surface area contributed by atoms with Gasteiger partial charge in [-0.15, -0.1) is 11.3 Å². The first-order valence-corrected chi connectivity index (χ1v) is 7.60. The van der Waals surface area contributed by atoms with Gasteiger partial charge in [-0.3, -0.25) is 4.79 Å². The van der Waals surface area contributed by atoms with Crippen LogP contribution in [0.1, 0.15) is 41.4 Å². The summed E-state index contributed by atoms with van der Waals surface area (Å²) in [5, 5.41) is 10.5. The van der Waals surface area contributed by atoms with Gasteiger partial charge in [0.1, 0.15) is 6.61 Å². The second kappa shape index (κ2) is 6.74. The van der Waals surface area contributed by atoms with Gasteiger partial charge in [-0.25, -0.2) is 0 Å². The largest absolute Gasteiger partial charge is 0.384 e. The Bertz CT molecular complexity index is 490. The molecule has 1 saturated heterocycles. The van der Waals surface area contributed by atoms with Crippen LogP contribution in [0.25, 0.3) is 0 Å². The van der Waals surface area contributed by atoms with Crippen molar-refractivity contribution in [2.24, 2.45) is 5.92 Å². The van der Waals surface area contributed by atoms with Crippen LogP contribution in [0.4, 0.5) is 0 Å². The number of carbonyl (C=O) groups is 1. The third-order valence-electron chi connectivity index (χ3n) is 3.62. The van der Waals surface area contributed by atoms with Gasteiger partial charge in [-0.05, 0) is 24.8 Å². The molecule has 1 N–H and O–H groups in total. The van der Waals surface area contributed by atoms with Gasteiger partial charge in [0.15, 0.2) is 0 Å². The second-order valence-electron chi connectivity index (χ2n) is 4.80. The predicted molar refractivity (Wildman–Crippen MR) is 77.2 cm³/mol. The molecule has 0 unspecified atom stereocenters. The zero-order valence-electron chi connectivity index (χ0n) is 11.2. The lowest BCUT2D eigenvalue weighted by Crippen LogP contribution is -2.38. The molecular formula is C15H19NO2S. The minimum absolute atomic E-state index is 0.114. The lowest BCUT2D eigenvalue weighted by molar-refractivity contribution is 0.0689. The molecule has 1 amide bonds. The van der Waals surface area contributed by atoms with Gasteiger partial charge in [0.05, 0.1) is 10.4 Å². The molecule has 0 bridgehead atoms. The number of rotatable bonds is 2. The van der Waals surface area contributed by atoms with Crippen LogP contribution in [-0.4, -0.2) is 35.6 Å². The maximum Gasteiger partial charge on any atom is 0.254 e. The zero-order valence-corrected chi connectivity index (χ0v) is 12.0. The first-order valence-electron chi connectivity index (χ1n) is 6.72. The van der Waals surface area contributed by atoms with Crippen molar-refractivity contribution in [1.29, 1.82) is 0 Å². The number of hydrogen-bond acceptors (Lipinski definition) is 3. The van der Waals surface area contributed by atoms with Crippen LogP contribution in [0.2, 0.25) is 0 Å². The first-order chi connectivity index (χ1) is 9.24. The molecule has 0 atom stereocenters. The molecule has 3 nitrogen and oxygen atoms in total. The first kappa shape index (κ1) is 14.1. The molecule has 1 aliphatic rings. The maximum atomic E-state index is 12.3. The van der Waals surface area contributed by atoms with E-state index in [0.717, 1.165) is 42.3 Å². The van der Waals surface area contributed by atoms with Crippen LogP contribution in [-0.2, 0) is 0 Å². The lowest BCUT2D eigenvalue weighted by atomic mass is 9.94. The van der Waals surface area contributed by atoms with E-state index in [1.54, 1.807) is 0 Å². The molecule has 4 heteroatoms. The summed E-state index contributed by atoms with van der Waals surface area (Å²) in [4.78, 5) is 15.1. The standard InChI is InChI=1S/C15H19NO2S/c1-2-12-5-7-16(8-6-12)15(18)13-10-14(19-11-13)4-3-9-17/h10-12,17H,2,5-9H2,1H3. The minimum atomic E-state index is -0.147. The van der Waals surface area contributed by atoms with Gasteiger partial charge in [0.2, 0.25) is 0 Å². The molecule has 1 aromatic heterocycles. The predicted octanol–water partition coefficient (Wildman–Crippen LogP) is 2.35. The van der Waals surface area contributed by atoms with Crippen molar-refractivity contribution in [3.05, 3.63) is 21.9 Å². The van der Waals surface area contributed by atoms with Crippen LogP contribution in [0.5, 0.6) is 0 Å². The maximum absolute atomic E-state index is 12.3. The summed E-state index contributed by atoms with van der Waals surface area (Å²) in [5.41, 5.74) is 0.724. The van der Waals surface area contributed by atoms with Crippen molar-refractivity contribution < 1.29 is 9.90 Å². The van der Waals surface area contributed by atoms with E-state index in [1.807, 2.05) is 16.3 Å². The Morgan fingerprint density at radius 3 is 2.89 bits per heavy atom. The molecule has 102 valence electrons. The fraction of sp³-hybridized carbons (Fsp3) is 0.533. The van der Waals surface area contributed by atoms with E-state index >= 15 is 0 Å². The van der Waals surface area contributed by atoms with Crippen molar-refractivity contribution in [2.75, 3.05) is 19.7 Å². The second-order valence-corrected chi connectivity index (χ2v) is 5.71. The van der Waals surface area contributed by atoms with Crippen LogP contribution in [0, 0.1) is 17.8 Å². The fourth-order valence-corrected chi connectivity index (χ4v) is 3.12. The number of aliphatic hydroxyl groups is 1. The molecule has 2 heterocycles. The molecule has 19 heavy (non-hydrogen) atoms. The Labute approximate surface area is 118 Å². The van der Waals surface area contributed by atoms with E-state index in [1.165, 1.54) is 17.8 Å². The van der Waals surface area contributed by atoms with E-state index in [0.29, 0.717) is 0 Å². The van der Waals surface area contributed by atoms with Crippen molar-refractivity contribution >= 4 is 17.2 Å². The van der Waals surface area contributed by atoms with Gasteiger partial charge in [-0.1, -0.05) is 25.2 Å². The molecule has 1 fully saturated rings. The number of hydrogen-bond donors (Lipinski definition) is 1. The number of nitrogens with zero attached hydrogens (tertiary/aromatic N) is 1. The Morgan fingerprint density at radius 2 is 2.26 bits per heavy atom. The fourth-order valence-electron chi connectivity index (χ4n) is 2.37. The highest BCUT2D eigenvalue weighted by atomic mass is 32.1. The number of likely N-dealkylation sites (tertiary alicyclic amines) is 1. The SMILES string of the molecule is CCC1CCN(C(=O)c2csc(C#CCO)c2)CC1. The van der Waals surface area contributed by atoms with E-state index in [2.05, 4.69) is 18.8 Å². The molecule has 0 radical (unpaired) electrons. The molecule has 0 aliphatic carbocycles. The molecule has 1 aromatic rings. The number of piperidine rings is 1. The highest BCUT2D eigenvalue weighted by Crippen LogP contribution is 2.22. The summed E-state index contributed by atoms with van der Waals surface area (Å²) in [6.45, 7) is 3.80. The topological polar surface area (TPSA) is 40.5 Å². The Balaban J connectivity index is 1.98. The van der Waals surface area contributed by atoms with E-state index in [4.69, 9.17) is 5.11 Å². The molecule has 0 spiro atoms. The zero-order chi connectivity index (χ0) is 13.7. The van der Waals surface area contributed by atoms with Crippen molar-refractivity contribution in [3.63, 3.8) is 0 Å². The van der Waals surface area contributed by atoms with Gasteiger partial charge < -0.3 is 10.0 Å². The third-order valence-corrected chi connectivity index (χ3v) is 4.46. The van der Waals surface area contributed by atoms with Gasteiger partial charge >= 0.3 is 0 Å². The molecule has 1 aliphatic heterocycles. The number of amides is 1. The smallest absolute Gasteiger partial charge is 0.254 e. The Kier molecular flexibility index (Phi) is 5.00. The van der Waals surface area contributed by atoms with Crippen molar-refractivity contribution in [3.8, 4) is 11.8 Å². The van der Waals surface area contributed by atoms with E-state index in [-0.39, 0.29) is 12.5 Å². The molecule has 0 saturated carbocycles. The Hall–Kier alpha value is -1.31. The van der Waals surface area contributed by atoms with Gasteiger partial charge in [-0.2, -0.15) is 0 Å². The average Bonchev–Trinajstić information content (AvgIpc) is 2.93. The number of carbonyl (C=O) groups excluding carboxylic acids is 1. The summed E-state index contributed by atoms with van der Waals surface area (Å²) in [6.07, 6.45) is 3.44. The molecule has 0 aromatic carbocycles. The third kappa shape index (κ3) is 3.59. The van der Waals surface area contributed by atoms with Crippen molar-refractivity contribution in [1.82, 2.24) is 4.90 Å². The van der Waals surface area contributed by atoms with Crippen LogP contribution in [0.15, 0.2) is 11.4 Å². The monoisotopic (exact) mass is 277 g/mol. The minimum Gasteiger partial charge on any atom is -0.384 e. The van der Waals surface area contributed by atoms with Gasteiger partial charge in [0.25, 0.3) is 5.91 Å². The molecular weight excluding hydrogens is 258 g/mol. The summed E-state index contributed by atoms with van der Waals surface area (Å²) in [5.74, 6) is 6.33. The van der Waals surface area contributed by atoms with Gasteiger partial charge in [0, 0.05) is 18.5 Å². The highest BCUT2D eigenvalue weighted by molar-refractivity contribution is 7.10. The van der Waals surface area contributed by atoms with Crippen LogP contribution in [0.3, 0.4) is 0 Å². The summed E-state index contributed by atoms with van der Waals surface area (Å²) >= 11 is 1.45. The quantitative estimate of drug-likeness (QED) is 0.843. The summed E-state index contributed by atoms with van der Waals surface area (Å²) in [6, 6.07) is 1.82. The van der Waals surface area contributed by atoms with Crippen molar-refractivity contribution in [2.45, 2.75) is 26.2 Å². The van der Waals surface area contributed by atoms with Crippen LogP contribution < -0.4 is 0 Å². The summed E-state index contributed by atoms with van der Waals surface area (Å²) in [7, 11) is 0. The molecule has 2 rings (SSSR count). The normalized spacial score (nSPS) is 16.0. The van der Waals surface area contributed by atoms with Crippen LogP contribution >= 0.6 is 11.3 Å². The van der Waals surface area contributed by atoms with E-state index < -0.39 is 0 Å². The van der Waals surface area contributed by atoms with E-state index in [9.17, 15) is 4.79 Å². The lowest BCUT2D eigenvalue weighted by Gasteiger charge is -2.31. The summed E-state index contributed by atoms with van der Waals surface area (Å²) < 4.78 is 0. The average molecular weight is 277 g/mol.